The fraction of sp³-hybridized carbons (Fsp3) is 0.111. The molecular weight excluding hydrogens is 305 g/mol. The molecular formula is C18H14BNO4. The zero-order valence-corrected chi connectivity index (χ0v) is 13.0. The fourth-order valence-electron chi connectivity index (χ4n) is 2.89. The average Bonchev–Trinajstić information content (AvgIpc) is 2.94. The van der Waals surface area contributed by atoms with E-state index in [2.05, 4.69) is 4.98 Å². The zero-order valence-electron chi connectivity index (χ0n) is 13.0. The molecule has 0 fully saturated rings. The van der Waals surface area contributed by atoms with Crippen LogP contribution in [0.1, 0.15) is 22.8 Å². The number of ether oxygens (including phenoxy) is 1. The van der Waals surface area contributed by atoms with E-state index in [1.54, 1.807) is 31.2 Å². The van der Waals surface area contributed by atoms with Crippen molar-refractivity contribution in [2.24, 2.45) is 0 Å². The Labute approximate surface area is 139 Å². The van der Waals surface area contributed by atoms with Gasteiger partial charge in [0, 0.05) is 17.0 Å². The summed E-state index contributed by atoms with van der Waals surface area (Å²) < 4.78 is 11.0. The molecule has 0 saturated carbocycles. The van der Waals surface area contributed by atoms with E-state index in [1.807, 2.05) is 24.3 Å². The van der Waals surface area contributed by atoms with Crippen LogP contribution in [-0.4, -0.2) is 22.9 Å². The van der Waals surface area contributed by atoms with Crippen molar-refractivity contribution in [3.05, 3.63) is 59.7 Å². The van der Waals surface area contributed by atoms with Gasteiger partial charge in [0.2, 0.25) is 5.88 Å². The van der Waals surface area contributed by atoms with E-state index in [9.17, 15) is 9.82 Å². The minimum Gasteiger partial charge on any atom is -0.439 e. The van der Waals surface area contributed by atoms with E-state index in [0.29, 0.717) is 29.3 Å². The molecule has 0 spiro atoms. The number of aromatic nitrogens is 1. The third kappa shape index (κ3) is 2.56. The van der Waals surface area contributed by atoms with E-state index < -0.39 is 7.12 Å². The fourth-order valence-corrected chi connectivity index (χ4v) is 2.89. The van der Waals surface area contributed by atoms with E-state index in [-0.39, 0.29) is 5.78 Å². The Bertz CT molecular complexity index is 957. The summed E-state index contributed by atoms with van der Waals surface area (Å²) >= 11 is 0. The number of hydrogen-bond donors (Lipinski definition) is 1. The molecule has 2 heterocycles. The second kappa shape index (κ2) is 5.74. The predicted octanol–water partition coefficient (Wildman–Crippen LogP) is 2.45. The molecule has 3 aromatic rings. The summed E-state index contributed by atoms with van der Waals surface area (Å²) in [6.07, 6.45) is 0. The molecule has 0 aliphatic carbocycles. The number of benzene rings is 2. The molecule has 1 aliphatic rings. The number of carbonyl (C=O) groups is 1. The number of fused-ring (bicyclic) bond motifs is 2. The van der Waals surface area contributed by atoms with Gasteiger partial charge in [-0.05, 0) is 42.2 Å². The highest BCUT2D eigenvalue weighted by atomic mass is 16.5. The van der Waals surface area contributed by atoms with Crippen LogP contribution in [0.25, 0.3) is 10.9 Å². The highest BCUT2D eigenvalue weighted by molar-refractivity contribution is 6.61. The lowest BCUT2D eigenvalue weighted by Crippen LogP contribution is -2.27. The number of rotatable bonds is 3. The molecule has 118 valence electrons. The smallest absolute Gasteiger partial charge is 0.439 e. The van der Waals surface area contributed by atoms with Crippen molar-refractivity contribution in [3.8, 4) is 11.6 Å². The summed E-state index contributed by atoms with van der Waals surface area (Å²) in [5.41, 5.74) is 3.02. The van der Waals surface area contributed by atoms with Crippen LogP contribution >= 0.6 is 0 Å². The molecule has 0 amide bonds. The maximum absolute atomic E-state index is 11.7. The number of Topliss-reactive ketones (excluding diaryl/α,β-unsaturated/α-hetero) is 1. The summed E-state index contributed by atoms with van der Waals surface area (Å²) in [6.45, 7) is 1.90. The maximum atomic E-state index is 11.7. The number of nitrogens with zero attached hydrogens (tertiary/aromatic N) is 1. The molecule has 1 aliphatic heterocycles. The number of ketones is 1. The van der Waals surface area contributed by atoms with Gasteiger partial charge in [0.1, 0.15) is 5.75 Å². The normalized spacial score (nSPS) is 13.2. The molecule has 5 nitrogen and oxygen atoms in total. The van der Waals surface area contributed by atoms with Crippen LogP contribution in [0.4, 0.5) is 0 Å². The van der Waals surface area contributed by atoms with Crippen molar-refractivity contribution in [3.63, 3.8) is 0 Å². The van der Waals surface area contributed by atoms with Gasteiger partial charge in [-0.25, -0.2) is 4.98 Å². The Morgan fingerprint density at radius 1 is 1.25 bits per heavy atom. The molecule has 0 bridgehead atoms. The molecule has 4 rings (SSSR count). The second-order valence-corrected chi connectivity index (χ2v) is 5.70. The molecule has 2 aromatic carbocycles. The maximum Gasteiger partial charge on any atom is 0.491 e. The first-order valence-electron chi connectivity index (χ1n) is 7.63. The van der Waals surface area contributed by atoms with Gasteiger partial charge in [-0.2, -0.15) is 0 Å². The van der Waals surface area contributed by atoms with E-state index in [0.717, 1.165) is 16.4 Å². The topological polar surface area (TPSA) is 68.7 Å². The third-order valence-corrected chi connectivity index (χ3v) is 4.09. The van der Waals surface area contributed by atoms with Gasteiger partial charge in [0.15, 0.2) is 5.78 Å². The van der Waals surface area contributed by atoms with Crippen molar-refractivity contribution in [1.29, 1.82) is 0 Å². The van der Waals surface area contributed by atoms with Crippen molar-refractivity contribution < 1.29 is 19.2 Å². The van der Waals surface area contributed by atoms with Crippen LogP contribution in [0.3, 0.4) is 0 Å². The minimum absolute atomic E-state index is 0.00764. The van der Waals surface area contributed by atoms with Gasteiger partial charge >= 0.3 is 7.12 Å². The van der Waals surface area contributed by atoms with Crippen LogP contribution in [0.5, 0.6) is 11.6 Å². The highest BCUT2D eigenvalue weighted by Gasteiger charge is 2.27. The van der Waals surface area contributed by atoms with E-state index >= 15 is 0 Å². The molecule has 1 aromatic heterocycles. The summed E-state index contributed by atoms with van der Waals surface area (Å²) in [6, 6.07) is 14.4. The average molecular weight is 319 g/mol. The molecule has 1 N–H and O–H groups in total. The predicted molar refractivity (Wildman–Crippen MR) is 90.7 cm³/mol. The lowest BCUT2D eigenvalue weighted by molar-refractivity contribution is 0.101. The third-order valence-electron chi connectivity index (χ3n) is 4.09. The van der Waals surface area contributed by atoms with Gasteiger partial charge in [0.05, 0.1) is 12.1 Å². The van der Waals surface area contributed by atoms with Gasteiger partial charge in [-0.15, -0.1) is 0 Å². The Morgan fingerprint density at radius 2 is 2.12 bits per heavy atom. The molecule has 0 unspecified atom stereocenters. The highest BCUT2D eigenvalue weighted by Crippen LogP contribution is 2.26. The Kier molecular flexibility index (Phi) is 3.56. The van der Waals surface area contributed by atoms with Gasteiger partial charge in [-0.3, -0.25) is 4.79 Å². The summed E-state index contributed by atoms with van der Waals surface area (Å²) in [7, 11) is -0.863. The van der Waals surface area contributed by atoms with Crippen LogP contribution < -0.4 is 10.2 Å². The Hall–Kier alpha value is -2.70. The lowest BCUT2D eigenvalue weighted by Gasteiger charge is -2.08. The largest absolute Gasteiger partial charge is 0.491 e. The van der Waals surface area contributed by atoms with Crippen LogP contribution in [0, 0.1) is 0 Å². The van der Waals surface area contributed by atoms with Crippen LogP contribution in [0.15, 0.2) is 48.5 Å². The van der Waals surface area contributed by atoms with Crippen molar-refractivity contribution in [2.75, 3.05) is 0 Å². The SMILES string of the molecule is CC(=O)c1cccc2nc(Oc3ccc4c(c3)COB4O)ccc12. The van der Waals surface area contributed by atoms with Crippen molar-refractivity contribution >= 4 is 29.3 Å². The second-order valence-electron chi connectivity index (χ2n) is 5.70. The molecule has 24 heavy (non-hydrogen) atoms. The minimum atomic E-state index is -0.863. The molecule has 0 saturated heterocycles. The monoisotopic (exact) mass is 319 g/mol. The van der Waals surface area contributed by atoms with Gasteiger partial charge < -0.3 is 14.4 Å². The number of pyridine rings is 1. The quantitative estimate of drug-likeness (QED) is 0.593. The standard InChI is InChI=1S/C18H14BNO4/c1-11(21)14-3-2-4-17-15(14)6-8-18(20-17)24-13-5-7-16-12(9-13)10-23-19(16)22/h2-9,22H,10H2,1H3. The lowest BCUT2D eigenvalue weighted by atomic mass is 9.80. The number of hydrogen-bond acceptors (Lipinski definition) is 5. The molecule has 0 radical (unpaired) electrons. The zero-order chi connectivity index (χ0) is 16.7. The Balaban J connectivity index is 1.67. The first kappa shape index (κ1) is 14.9. The summed E-state index contributed by atoms with van der Waals surface area (Å²) in [5.74, 6) is 1.08. The Morgan fingerprint density at radius 3 is 2.96 bits per heavy atom. The molecule has 6 heteroatoms. The first-order valence-corrected chi connectivity index (χ1v) is 7.63. The van der Waals surface area contributed by atoms with E-state index in [4.69, 9.17) is 9.39 Å². The first-order chi connectivity index (χ1) is 11.6. The molecule has 0 atom stereocenters. The van der Waals surface area contributed by atoms with Crippen LogP contribution in [-0.2, 0) is 11.3 Å². The van der Waals surface area contributed by atoms with Crippen molar-refractivity contribution in [1.82, 2.24) is 4.98 Å². The van der Waals surface area contributed by atoms with Crippen molar-refractivity contribution in [2.45, 2.75) is 13.5 Å². The van der Waals surface area contributed by atoms with Gasteiger partial charge in [-0.1, -0.05) is 18.2 Å². The number of carbonyl (C=O) groups excluding carboxylic acids is 1. The van der Waals surface area contributed by atoms with E-state index in [1.165, 1.54) is 0 Å². The van der Waals surface area contributed by atoms with Gasteiger partial charge in [0.25, 0.3) is 0 Å². The summed E-state index contributed by atoms with van der Waals surface area (Å²) in [4.78, 5) is 16.1. The summed E-state index contributed by atoms with van der Waals surface area (Å²) in [5, 5.41) is 10.5. The van der Waals surface area contributed by atoms with Crippen LogP contribution in [0.2, 0.25) is 0 Å².